The van der Waals surface area contributed by atoms with Crippen LogP contribution in [0.25, 0.3) is 0 Å². The summed E-state index contributed by atoms with van der Waals surface area (Å²) >= 11 is 9.65. The molecule has 2 rings (SSSR count). The number of alkyl halides is 1. The van der Waals surface area contributed by atoms with Crippen molar-refractivity contribution in [1.29, 1.82) is 0 Å². The van der Waals surface area contributed by atoms with Crippen LogP contribution in [0.4, 0.5) is 0 Å². The predicted molar refractivity (Wildman–Crippen MR) is 83.3 cm³/mol. The Hall–Kier alpha value is -0.540. The van der Waals surface area contributed by atoms with E-state index in [1.807, 2.05) is 24.0 Å². The molecule has 1 heterocycles. The highest BCUT2D eigenvalue weighted by Crippen LogP contribution is 2.23. The molecular formula is C15H19BrClNO. The van der Waals surface area contributed by atoms with Crippen LogP contribution in [0.5, 0.6) is 0 Å². The minimum atomic E-state index is 0.105. The Balaban J connectivity index is 2.22. The Morgan fingerprint density at radius 1 is 1.42 bits per heavy atom. The van der Waals surface area contributed by atoms with Crippen molar-refractivity contribution in [2.45, 2.75) is 38.6 Å². The van der Waals surface area contributed by atoms with Gasteiger partial charge in [0, 0.05) is 28.5 Å². The van der Waals surface area contributed by atoms with E-state index in [0.717, 1.165) is 30.3 Å². The molecule has 4 heteroatoms. The summed E-state index contributed by atoms with van der Waals surface area (Å²) in [6, 6.07) is 5.88. The van der Waals surface area contributed by atoms with Gasteiger partial charge in [-0.05, 0) is 37.5 Å². The first-order valence-electron chi connectivity index (χ1n) is 6.76. The average Bonchev–Trinajstić information content (AvgIpc) is 2.66. The minimum Gasteiger partial charge on any atom is -0.335 e. The number of halogens is 2. The maximum atomic E-state index is 12.6. The molecule has 1 atom stereocenters. The molecule has 0 radical (unpaired) electrons. The Kier molecular flexibility index (Phi) is 5.28. The summed E-state index contributed by atoms with van der Waals surface area (Å²) in [6.45, 7) is 2.80. The monoisotopic (exact) mass is 343 g/mol. The van der Waals surface area contributed by atoms with Gasteiger partial charge in [0.15, 0.2) is 0 Å². The van der Waals surface area contributed by atoms with Crippen LogP contribution in [-0.4, -0.2) is 28.7 Å². The van der Waals surface area contributed by atoms with Crippen molar-refractivity contribution in [1.82, 2.24) is 4.90 Å². The summed E-state index contributed by atoms with van der Waals surface area (Å²) < 4.78 is 0. The number of hydrogen-bond donors (Lipinski definition) is 0. The molecule has 1 unspecified atom stereocenters. The Morgan fingerprint density at radius 2 is 2.21 bits per heavy atom. The van der Waals surface area contributed by atoms with E-state index in [4.69, 9.17) is 11.6 Å². The van der Waals surface area contributed by atoms with Gasteiger partial charge in [0.1, 0.15) is 0 Å². The zero-order valence-corrected chi connectivity index (χ0v) is 13.5. The number of amides is 1. The highest BCUT2D eigenvalue weighted by molar-refractivity contribution is 9.09. The van der Waals surface area contributed by atoms with Gasteiger partial charge in [0.2, 0.25) is 0 Å². The van der Waals surface area contributed by atoms with Crippen LogP contribution >= 0.6 is 27.5 Å². The van der Waals surface area contributed by atoms with E-state index in [-0.39, 0.29) is 5.91 Å². The number of nitrogens with zero attached hydrogens (tertiary/aromatic N) is 1. The topological polar surface area (TPSA) is 20.3 Å². The lowest BCUT2D eigenvalue weighted by Crippen LogP contribution is -2.41. The number of carbonyl (C=O) groups excluding carboxylic acids is 1. The third-order valence-electron chi connectivity index (χ3n) is 3.73. The van der Waals surface area contributed by atoms with Crippen LogP contribution in [0.1, 0.15) is 41.6 Å². The van der Waals surface area contributed by atoms with Crippen molar-refractivity contribution in [2.24, 2.45) is 0 Å². The first kappa shape index (κ1) is 14.9. The molecule has 0 spiro atoms. The predicted octanol–water partition coefficient (Wildman–Crippen LogP) is 4.43. The number of hydrogen-bond acceptors (Lipinski definition) is 1. The van der Waals surface area contributed by atoms with Gasteiger partial charge in [0.25, 0.3) is 5.91 Å². The standard InChI is InChI=1S/C15H19BrClNO/c1-11-6-7-12(9-14(11)17)15(19)18-8-4-2-3-5-13(18)10-16/h6-7,9,13H,2-5,8,10H2,1H3. The second-order valence-electron chi connectivity index (χ2n) is 5.12. The molecule has 1 aliphatic rings. The van der Waals surface area contributed by atoms with E-state index in [1.54, 1.807) is 6.07 Å². The van der Waals surface area contributed by atoms with E-state index < -0.39 is 0 Å². The van der Waals surface area contributed by atoms with Crippen molar-refractivity contribution in [3.63, 3.8) is 0 Å². The van der Waals surface area contributed by atoms with E-state index in [9.17, 15) is 4.79 Å². The second-order valence-corrected chi connectivity index (χ2v) is 6.17. The van der Waals surface area contributed by atoms with E-state index in [0.29, 0.717) is 16.6 Å². The molecule has 2 nitrogen and oxygen atoms in total. The summed E-state index contributed by atoms with van der Waals surface area (Å²) in [6.07, 6.45) is 4.59. The van der Waals surface area contributed by atoms with Gasteiger partial charge in [-0.15, -0.1) is 0 Å². The van der Waals surface area contributed by atoms with Gasteiger partial charge in [-0.2, -0.15) is 0 Å². The number of aryl methyl sites for hydroxylation is 1. The van der Waals surface area contributed by atoms with Gasteiger partial charge >= 0.3 is 0 Å². The largest absolute Gasteiger partial charge is 0.335 e. The van der Waals surface area contributed by atoms with E-state index in [1.165, 1.54) is 12.8 Å². The fourth-order valence-corrected chi connectivity index (χ4v) is 3.35. The molecule has 1 aliphatic heterocycles. The summed E-state index contributed by atoms with van der Waals surface area (Å²) in [5.74, 6) is 0.105. The van der Waals surface area contributed by atoms with Crippen molar-refractivity contribution in [3.8, 4) is 0 Å². The first-order valence-corrected chi connectivity index (χ1v) is 8.26. The first-order chi connectivity index (χ1) is 9.13. The maximum Gasteiger partial charge on any atom is 0.254 e. The van der Waals surface area contributed by atoms with Crippen LogP contribution < -0.4 is 0 Å². The fraction of sp³-hybridized carbons (Fsp3) is 0.533. The summed E-state index contributed by atoms with van der Waals surface area (Å²) in [7, 11) is 0. The maximum absolute atomic E-state index is 12.6. The van der Waals surface area contributed by atoms with Gasteiger partial charge in [-0.1, -0.05) is 46.4 Å². The van der Waals surface area contributed by atoms with Crippen molar-refractivity contribution in [3.05, 3.63) is 34.3 Å². The SMILES string of the molecule is Cc1ccc(C(=O)N2CCCCCC2CBr)cc1Cl. The smallest absolute Gasteiger partial charge is 0.254 e. The fourth-order valence-electron chi connectivity index (χ4n) is 2.50. The van der Waals surface area contributed by atoms with Gasteiger partial charge in [-0.3, -0.25) is 4.79 Å². The summed E-state index contributed by atoms with van der Waals surface area (Å²) in [4.78, 5) is 14.6. The van der Waals surface area contributed by atoms with E-state index >= 15 is 0 Å². The molecule has 1 amide bonds. The lowest BCUT2D eigenvalue weighted by Gasteiger charge is -2.29. The molecule has 0 N–H and O–H groups in total. The quantitative estimate of drug-likeness (QED) is 0.727. The molecule has 0 aromatic heterocycles. The molecular weight excluding hydrogens is 326 g/mol. The molecule has 1 fully saturated rings. The highest BCUT2D eigenvalue weighted by atomic mass is 79.9. The molecule has 104 valence electrons. The number of likely N-dealkylation sites (tertiary alicyclic amines) is 1. The Labute approximate surface area is 128 Å². The zero-order valence-electron chi connectivity index (χ0n) is 11.2. The molecule has 19 heavy (non-hydrogen) atoms. The zero-order chi connectivity index (χ0) is 13.8. The van der Waals surface area contributed by atoms with Crippen molar-refractivity contribution in [2.75, 3.05) is 11.9 Å². The lowest BCUT2D eigenvalue weighted by molar-refractivity contribution is 0.0702. The molecule has 0 bridgehead atoms. The van der Waals surface area contributed by atoms with Gasteiger partial charge in [0.05, 0.1) is 0 Å². The number of benzene rings is 1. The van der Waals surface area contributed by atoms with Crippen LogP contribution in [0, 0.1) is 6.92 Å². The molecule has 0 aliphatic carbocycles. The third-order valence-corrected chi connectivity index (χ3v) is 4.89. The van der Waals surface area contributed by atoms with Crippen LogP contribution in [-0.2, 0) is 0 Å². The normalized spacial score (nSPS) is 20.2. The van der Waals surface area contributed by atoms with Gasteiger partial charge in [-0.25, -0.2) is 0 Å². The summed E-state index contributed by atoms with van der Waals surface area (Å²) in [5.41, 5.74) is 1.70. The van der Waals surface area contributed by atoms with Crippen LogP contribution in [0.15, 0.2) is 18.2 Å². The number of carbonyl (C=O) groups is 1. The second kappa shape index (κ2) is 6.76. The van der Waals surface area contributed by atoms with Crippen LogP contribution in [0.2, 0.25) is 5.02 Å². The molecule has 1 saturated heterocycles. The van der Waals surface area contributed by atoms with Crippen molar-refractivity contribution >= 4 is 33.4 Å². The third kappa shape index (κ3) is 3.51. The lowest BCUT2D eigenvalue weighted by atomic mass is 10.1. The summed E-state index contributed by atoms with van der Waals surface area (Å²) in [5, 5.41) is 1.51. The van der Waals surface area contributed by atoms with E-state index in [2.05, 4.69) is 15.9 Å². The Morgan fingerprint density at radius 3 is 2.89 bits per heavy atom. The highest BCUT2D eigenvalue weighted by Gasteiger charge is 2.25. The van der Waals surface area contributed by atoms with Gasteiger partial charge < -0.3 is 4.90 Å². The minimum absolute atomic E-state index is 0.105. The molecule has 0 saturated carbocycles. The van der Waals surface area contributed by atoms with Crippen LogP contribution in [0.3, 0.4) is 0 Å². The molecule has 1 aromatic rings. The molecule has 1 aromatic carbocycles. The average molecular weight is 345 g/mol. The number of rotatable bonds is 2. The van der Waals surface area contributed by atoms with Crippen molar-refractivity contribution < 1.29 is 4.79 Å². The Bertz CT molecular complexity index is 463.